The molecule has 0 aromatic heterocycles. The molecule has 1 aromatic carbocycles. The fourth-order valence-corrected chi connectivity index (χ4v) is 6.14. The SMILES string of the molecule is CCC1=C(OC2OC(COC(C)=O)C(OC(C)=O)C(OC(C)=O)C2OC(C)=O)C(Cc2ccc(C=CCCO)cc2C)=C(C(C)C)CC1. The Balaban J connectivity index is 2.12. The minimum Gasteiger partial charge on any atom is -0.463 e. The first-order valence-corrected chi connectivity index (χ1v) is 16.5. The molecule has 1 N–H and O–H groups in total. The second-order valence-corrected chi connectivity index (χ2v) is 12.4. The van der Waals surface area contributed by atoms with Crippen LogP contribution in [0.25, 0.3) is 6.08 Å². The third-order valence-corrected chi connectivity index (χ3v) is 8.32. The van der Waals surface area contributed by atoms with Gasteiger partial charge in [0.1, 0.15) is 18.5 Å². The van der Waals surface area contributed by atoms with E-state index in [0.29, 0.717) is 25.0 Å². The van der Waals surface area contributed by atoms with E-state index < -0.39 is 54.6 Å². The molecule has 5 unspecified atom stereocenters. The zero-order valence-electron chi connectivity index (χ0n) is 29.3. The molecule has 1 aliphatic carbocycles. The van der Waals surface area contributed by atoms with Gasteiger partial charge in [-0.1, -0.05) is 56.7 Å². The summed E-state index contributed by atoms with van der Waals surface area (Å²) in [6.07, 6.45) is 0.998. The second kappa shape index (κ2) is 18.0. The third kappa shape index (κ3) is 10.5. The highest BCUT2D eigenvalue weighted by molar-refractivity contribution is 5.69. The number of hydrogen-bond donors (Lipinski definition) is 1. The minimum atomic E-state index is -1.33. The van der Waals surface area contributed by atoms with Crippen molar-refractivity contribution in [3.05, 3.63) is 63.4 Å². The van der Waals surface area contributed by atoms with Crippen molar-refractivity contribution >= 4 is 30.0 Å². The molecular weight excluding hydrogens is 620 g/mol. The highest BCUT2D eigenvalue weighted by Gasteiger charge is 2.53. The molecular formula is C37H50O11. The van der Waals surface area contributed by atoms with Crippen LogP contribution in [0.4, 0.5) is 0 Å². The van der Waals surface area contributed by atoms with Crippen molar-refractivity contribution in [1.82, 2.24) is 0 Å². The van der Waals surface area contributed by atoms with Crippen molar-refractivity contribution in [2.24, 2.45) is 5.92 Å². The molecule has 0 spiro atoms. The fraction of sp³-hybridized carbons (Fsp3) is 0.568. The van der Waals surface area contributed by atoms with Crippen LogP contribution in [-0.4, -0.2) is 72.9 Å². The maximum Gasteiger partial charge on any atom is 0.303 e. The summed E-state index contributed by atoms with van der Waals surface area (Å²) in [5, 5.41) is 9.13. The van der Waals surface area contributed by atoms with Gasteiger partial charge in [0, 0.05) is 40.7 Å². The number of hydrogen-bond acceptors (Lipinski definition) is 11. The van der Waals surface area contributed by atoms with Gasteiger partial charge < -0.3 is 33.5 Å². The van der Waals surface area contributed by atoms with Gasteiger partial charge in [-0.05, 0) is 66.4 Å². The van der Waals surface area contributed by atoms with Crippen molar-refractivity contribution < 1.29 is 52.7 Å². The van der Waals surface area contributed by atoms with Gasteiger partial charge in [0.2, 0.25) is 12.4 Å². The largest absolute Gasteiger partial charge is 0.463 e. The predicted octanol–water partition coefficient (Wildman–Crippen LogP) is 5.44. The van der Waals surface area contributed by atoms with Crippen molar-refractivity contribution in [3.8, 4) is 0 Å². The van der Waals surface area contributed by atoms with E-state index in [9.17, 15) is 19.2 Å². The molecule has 3 rings (SSSR count). The maximum atomic E-state index is 12.4. The van der Waals surface area contributed by atoms with Crippen molar-refractivity contribution in [2.75, 3.05) is 13.2 Å². The Morgan fingerprint density at radius 2 is 1.58 bits per heavy atom. The van der Waals surface area contributed by atoms with Gasteiger partial charge in [-0.2, -0.15) is 0 Å². The lowest BCUT2D eigenvalue weighted by Gasteiger charge is -2.44. The summed E-state index contributed by atoms with van der Waals surface area (Å²) in [6.45, 7) is 12.9. The zero-order valence-corrected chi connectivity index (χ0v) is 29.3. The van der Waals surface area contributed by atoms with Crippen LogP contribution in [-0.2, 0) is 54.0 Å². The molecule has 264 valence electrons. The van der Waals surface area contributed by atoms with E-state index in [2.05, 4.69) is 32.9 Å². The number of carbonyl (C=O) groups is 4. The van der Waals surface area contributed by atoms with Crippen LogP contribution in [0.1, 0.15) is 90.8 Å². The molecule has 1 heterocycles. The average Bonchev–Trinajstić information content (AvgIpc) is 3.00. The number of carbonyl (C=O) groups excluding carboxylic acids is 4. The zero-order chi connectivity index (χ0) is 35.5. The Morgan fingerprint density at radius 3 is 2.15 bits per heavy atom. The summed E-state index contributed by atoms with van der Waals surface area (Å²) in [7, 11) is 0. The first kappa shape index (κ1) is 38.5. The number of esters is 4. The molecule has 1 saturated heterocycles. The predicted molar refractivity (Wildman–Crippen MR) is 177 cm³/mol. The van der Waals surface area contributed by atoms with E-state index >= 15 is 0 Å². The smallest absolute Gasteiger partial charge is 0.303 e. The van der Waals surface area contributed by atoms with E-state index in [1.807, 2.05) is 25.1 Å². The second-order valence-electron chi connectivity index (χ2n) is 12.4. The van der Waals surface area contributed by atoms with E-state index in [0.717, 1.165) is 40.7 Å². The minimum absolute atomic E-state index is 0.0914. The van der Waals surface area contributed by atoms with E-state index in [-0.39, 0.29) is 19.1 Å². The van der Waals surface area contributed by atoms with Crippen LogP contribution >= 0.6 is 0 Å². The number of ether oxygens (including phenoxy) is 6. The monoisotopic (exact) mass is 670 g/mol. The molecule has 1 aromatic rings. The average molecular weight is 671 g/mol. The van der Waals surface area contributed by atoms with Gasteiger partial charge >= 0.3 is 23.9 Å². The Hall–Kier alpha value is -3.96. The molecule has 1 aliphatic heterocycles. The molecule has 11 heteroatoms. The molecule has 0 amide bonds. The summed E-state index contributed by atoms with van der Waals surface area (Å²) < 4.78 is 35.2. The first-order valence-electron chi connectivity index (χ1n) is 16.5. The Labute approximate surface area is 283 Å². The molecule has 0 saturated carbocycles. The number of aryl methyl sites for hydroxylation is 1. The van der Waals surface area contributed by atoms with Crippen molar-refractivity contribution in [2.45, 2.75) is 118 Å². The summed E-state index contributed by atoms with van der Waals surface area (Å²) in [5.74, 6) is -1.88. The van der Waals surface area contributed by atoms with Gasteiger partial charge in [0.05, 0.1) is 0 Å². The standard InChI is InChI=1S/C37H50O11/c1-9-28-15-16-30(21(2)3)31(19-29-14-13-27(18-22(29)4)12-10-11-17-38)33(28)48-37-36(46-26(8)42)35(45-25(7)41)34(44-24(6)40)32(47-37)20-43-23(5)39/h10,12-14,18,21,32,34-38H,9,11,15-17,19-20H2,1-8H3. The van der Waals surface area contributed by atoms with Gasteiger partial charge in [0.25, 0.3) is 0 Å². The normalized spacial score (nSPS) is 22.9. The number of rotatable bonds is 14. The molecule has 0 bridgehead atoms. The lowest BCUT2D eigenvalue weighted by Crippen LogP contribution is -2.63. The maximum absolute atomic E-state index is 12.4. The van der Waals surface area contributed by atoms with Crippen LogP contribution in [0.2, 0.25) is 0 Å². The number of aliphatic hydroxyl groups is 1. The summed E-state index contributed by atoms with van der Waals surface area (Å²) in [4.78, 5) is 48.7. The van der Waals surface area contributed by atoms with Gasteiger partial charge in [0.15, 0.2) is 12.2 Å². The molecule has 11 nitrogen and oxygen atoms in total. The van der Waals surface area contributed by atoms with E-state index in [1.54, 1.807) is 0 Å². The number of aliphatic hydroxyl groups excluding tert-OH is 1. The molecule has 1 fully saturated rings. The Morgan fingerprint density at radius 1 is 0.938 bits per heavy atom. The van der Waals surface area contributed by atoms with Crippen molar-refractivity contribution in [3.63, 3.8) is 0 Å². The first-order chi connectivity index (χ1) is 22.7. The highest BCUT2D eigenvalue weighted by Crippen LogP contribution is 2.41. The van der Waals surface area contributed by atoms with Crippen molar-refractivity contribution in [1.29, 1.82) is 0 Å². The van der Waals surface area contributed by atoms with Crippen LogP contribution < -0.4 is 0 Å². The van der Waals surface area contributed by atoms with Gasteiger partial charge in [-0.3, -0.25) is 19.2 Å². The van der Waals surface area contributed by atoms with Gasteiger partial charge in [-0.25, -0.2) is 0 Å². The lowest BCUT2D eigenvalue weighted by molar-refractivity contribution is -0.299. The third-order valence-electron chi connectivity index (χ3n) is 8.32. The van der Waals surface area contributed by atoms with Crippen LogP contribution in [0.15, 0.2) is 46.8 Å². The van der Waals surface area contributed by atoms with Crippen LogP contribution in [0.3, 0.4) is 0 Å². The molecule has 48 heavy (non-hydrogen) atoms. The molecule has 0 radical (unpaired) electrons. The Bertz CT molecular complexity index is 1420. The summed E-state index contributed by atoms with van der Waals surface area (Å²) in [5.41, 5.74) is 6.48. The fourth-order valence-electron chi connectivity index (χ4n) is 6.14. The quantitative estimate of drug-likeness (QED) is 0.200. The van der Waals surface area contributed by atoms with Crippen LogP contribution in [0.5, 0.6) is 0 Å². The molecule has 5 atom stereocenters. The van der Waals surface area contributed by atoms with Gasteiger partial charge in [-0.15, -0.1) is 0 Å². The lowest BCUT2D eigenvalue weighted by atomic mass is 9.81. The van der Waals surface area contributed by atoms with Crippen LogP contribution in [0, 0.1) is 12.8 Å². The summed E-state index contributed by atoms with van der Waals surface area (Å²) in [6, 6.07) is 6.23. The summed E-state index contributed by atoms with van der Waals surface area (Å²) >= 11 is 0. The Kier molecular flexibility index (Phi) is 14.4. The topological polar surface area (TPSA) is 144 Å². The van der Waals surface area contributed by atoms with E-state index in [4.69, 9.17) is 33.5 Å². The van der Waals surface area contributed by atoms with E-state index in [1.165, 1.54) is 33.3 Å². The number of allylic oxidation sites excluding steroid dienone is 3. The number of benzene rings is 1. The molecule has 2 aliphatic rings. The highest BCUT2D eigenvalue weighted by atomic mass is 16.7.